The molecule has 1 aliphatic heterocycles. The van der Waals surface area contributed by atoms with Crippen molar-refractivity contribution in [2.45, 2.75) is 6.04 Å². The Morgan fingerprint density at radius 1 is 1.34 bits per heavy atom. The van der Waals surface area contributed by atoms with Gasteiger partial charge in [-0.25, -0.2) is 14.4 Å². The van der Waals surface area contributed by atoms with Crippen molar-refractivity contribution in [1.29, 1.82) is 0 Å². The maximum absolute atomic E-state index is 14.8. The number of hydrogen-bond donors (Lipinski definition) is 1. The lowest BCUT2D eigenvalue weighted by Gasteiger charge is -2.24. The van der Waals surface area contributed by atoms with Crippen molar-refractivity contribution >= 4 is 50.9 Å². The van der Waals surface area contributed by atoms with Crippen LogP contribution < -0.4 is 10.5 Å². The first kappa shape index (κ1) is 18.1. The molecule has 4 aromatic rings. The highest BCUT2D eigenvalue weighted by molar-refractivity contribution is 14.1. The molecular formula is C20H15FIN5O2. The van der Waals surface area contributed by atoms with Gasteiger partial charge < -0.3 is 15.4 Å². The minimum atomic E-state index is -0.650. The second-order valence-electron chi connectivity index (χ2n) is 6.89. The van der Waals surface area contributed by atoms with Crippen LogP contribution in [0.2, 0.25) is 0 Å². The van der Waals surface area contributed by atoms with Gasteiger partial charge in [0.2, 0.25) is 0 Å². The summed E-state index contributed by atoms with van der Waals surface area (Å²) < 4.78 is 23.3. The van der Waals surface area contributed by atoms with E-state index in [1.54, 1.807) is 24.0 Å². The molecule has 2 aromatic carbocycles. The lowest BCUT2D eigenvalue weighted by Crippen LogP contribution is -2.32. The minimum absolute atomic E-state index is 0.0412. The van der Waals surface area contributed by atoms with E-state index >= 15 is 0 Å². The van der Waals surface area contributed by atoms with Crippen LogP contribution in [0, 0.1) is 9.39 Å². The molecule has 0 saturated carbocycles. The van der Waals surface area contributed by atoms with E-state index in [1.807, 2.05) is 18.2 Å². The molecule has 2 N–H and O–H groups in total. The second-order valence-corrected chi connectivity index (χ2v) is 8.14. The number of ether oxygens (including phenoxy) is 1. The summed E-state index contributed by atoms with van der Waals surface area (Å²) in [4.78, 5) is 23.0. The predicted molar refractivity (Wildman–Crippen MR) is 114 cm³/mol. The predicted octanol–water partition coefficient (Wildman–Crippen LogP) is 3.41. The number of likely N-dealkylation sites (N-methyl/N-ethyl adjacent to an activating group) is 1. The Bertz CT molecular complexity index is 1310. The Labute approximate surface area is 178 Å². The monoisotopic (exact) mass is 503 g/mol. The van der Waals surface area contributed by atoms with Crippen molar-refractivity contribution < 1.29 is 13.9 Å². The van der Waals surface area contributed by atoms with Gasteiger partial charge in [0, 0.05) is 22.2 Å². The normalized spacial score (nSPS) is 15.5. The topological polar surface area (TPSA) is 85.8 Å². The van der Waals surface area contributed by atoms with Crippen LogP contribution in [0.1, 0.15) is 22.0 Å². The molecule has 0 radical (unpaired) electrons. The van der Waals surface area contributed by atoms with Crippen LogP contribution in [-0.4, -0.2) is 38.8 Å². The van der Waals surface area contributed by atoms with Gasteiger partial charge in [-0.15, -0.1) is 0 Å². The highest BCUT2D eigenvalue weighted by Crippen LogP contribution is 2.37. The molecular weight excluding hydrogens is 488 g/mol. The number of carbonyl (C=O) groups is 1. The van der Waals surface area contributed by atoms with Gasteiger partial charge in [-0.05, 0) is 40.8 Å². The van der Waals surface area contributed by atoms with Crippen LogP contribution in [0.4, 0.5) is 10.2 Å². The summed E-state index contributed by atoms with van der Waals surface area (Å²) in [6, 6.07) is 8.26. The van der Waals surface area contributed by atoms with E-state index < -0.39 is 11.7 Å². The van der Waals surface area contributed by atoms with Crippen LogP contribution in [0.25, 0.3) is 16.6 Å². The molecule has 0 bridgehead atoms. The lowest BCUT2D eigenvalue weighted by atomic mass is 10.1. The first-order valence-corrected chi connectivity index (χ1v) is 9.92. The van der Waals surface area contributed by atoms with Crippen molar-refractivity contribution in [2.75, 3.05) is 19.4 Å². The van der Waals surface area contributed by atoms with E-state index in [9.17, 15) is 9.18 Å². The van der Waals surface area contributed by atoms with Crippen LogP contribution >= 0.6 is 22.6 Å². The Hall–Kier alpha value is -2.95. The molecule has 146 valence electrons. The zero-order chi connectivity index (χ0) is 20.3. The maximum atomic E-state index is 14.8. The van der Waals surface area contributed by atoms with E-state index in [0.717, 1.165) is 14.9 Å². The number of rotatable bonds is 2. The van der Waals surface area contributed by atoms with Gasteiger partial charge in [0.25, 0.3) is 5.91 Å². The standard InChI is InChI=1S/C20H15FIN5O2/c1-26(17-8-29-18-4-10(22)2-3-11(17)18)20(28)12-5-15-14(6-13(12)21)25-19(23)16-7-24-9-27(15)16/h2-7,9,17H,8H2,1H3,(H2,23,25)/t17-/m1/s1. The minimum Gasteiger partial charge on any atom is -0.491 e. The number of aromatic nitrogens is 3. The zero-order valence-corrected chi connectivity index (χ0v) is 17.4. The molecule has 0 spiro atoms. The van der Waals surface area contributed by atoms with E-state index in [0.29, 0.717) is 23.2 Å². The summed E-state index contributed by atoms with van der Waals surface area (Å²) in [5, 5.41) is 0. The molecule has 0 saturated heterocycles. The quantitative estimate of drug-likeness (QED) is 0.424. The number of nitrogen functional groups attached to an aromatic ring is 1. The Morgan fingerprint density at radius 2 is 2.17 bits per heavy atom. The van der Waals surface area contributed by atoms with Crippen molar-refractivity contribution in [3.05, 3.63) is 63.4 Å². The number of benzene rings is 2. The first-order chi connectivity index (χ1) is 13.9. The summed E-state index contributed by atoms with van der Waals surface area (Å²) in [6.45, 7) is 0.330. The molecule has 1 amide bonds. The first-order valence-electron chi connectivity index (χ1n) is 8.84. The van der Waals surface area contributed by atoms with Crippen LogP contribution in [0.5, 0.6) is 5.75 Å². The number of hydrogen-bond acceptors (Lipinski definition) is 5. The zero-order valence-electron chi connectivity index (χ0n) is 15.3. The van der Waals surface area contributed by atoms with E-state index in [4.69, 9.17) is 10.5 Å². The largest absolute Gasteiger partial charge is 0.491 e. The number of anilines is 1. The van der Waals surface area contributed by atoms with Crippen LogP contribution in [-0.2, 0) is 0 Å². The summed E-state index contributed by atoms with van der Waals surface area (Å²) in [6.07, 6.45) is 3.14. The fourth-order valence-corrected chi connectivity index (χ4v) is 4.14. The molecule has 0 fully saturated rings. The average Bonchev–Trinajstić information content (AvgIpc) is 3.34. The van der Waals surface area contributed by atoms with Crippen LogP contribution in [0.15, 0.2) is 42.9 Å². The third-order valence-corrected chi connectivity index (χ3v) is 5.89. The molecule has 9 heteroatoms. The van der Waals surface area contributed by atoms with Gasteiger partial charge in [-0.3, -0.25) is 9.20 Å². The molecule has 7 nitrogen and oxygen atoms in total. The molecule has 29 heavy (non-hydrogen) atoms. The number of nitrogens with two attached hydrogens (primary N) is 1. The molecule has 0 unspecified atom stereocenters. The fraction of sp³-hybridized carbons (Fsp3) is 0.150. The van der Waals surface area contributed by atoms with E-state index in [1.165, 1.54) is 17.0 Å². The average molecular weight is 503 g/mol. The molecule has 1 atom stereocenters. The molecule has 3 heterocycles. The summed E-state index contributed by atoms with van der Waals surface area (Å²) in [7, 11) is 1.65. The number of fused-ring (bicyclic) bond motifs is 4. The Kier molecular flexibility index (Phi) is 4.09. The van der Waals surface area contributed by atoms with Gasteiger partial charge in [-0.2, -0.15) is 0 Å². The van der Waals surface area contributed by atoms with Gasteiger partial charge in [0.1, 0.15) is 29.5 Å². The van der Waals surface area contributed by atoms with Crippen LogP contribution in [0.3, 0.4) is 0 Å². The molecule has 5 rings (SSSR count). The van der Waals surface area contributed by atoms with E-state index in [2.05, 4.69) is 32.6 Å². The fourth-order valence-electron chi connectivity index (χ4n) is 3.68. The summed E-state index contributed by atoms with van der Waals surface area (Å²) in [5.41, 5.74) is 8.30. The van der Waals surface area contributed by atoms with Crippen molar-refractivity contribution in [3.63, 3.8) is 0 Å². The highest BCUT2D eigenvalue weighted by Gasteiger charge is 2.32. The number of halogens is 2. The maximum Gasteiger partial charge on any atom is 0.257 e. The smallest absolute Gasteiger partial charge is 0.257 e. The molecule has 0 aliphatic carbocycles. The SMILES string of the molecule is CN(C(=O)c1cc2c(cc1F)nc(N)c1cncn12)[C@@H]1COc2cc(I)ccc21. The Balaban J connectivity index is 1.58. The third kappa shape index (κ3) is 2.79. The number of nitrogens with zero attached hydrogens (tertiary/aromatic N) is 4. The van der Waals surface area contributed by atoms with Crippen molar-refractivity contribution in [3.8, 4) is 5.75 Å². The van der Waals surface area contributed by atoms with Gasteiger partial charge in [0.05, 0.1) is 35.2 Å². The second kappa shape index (κ2) is 6.55. The number of amides is 1. The Morgan fingerprint density at radius 3 is 3.00 bits per heavy atom. The van der Waals surface area contributed by atoms with Crippen molar-refractivity contribution in [2.24, 2.45) is 0 Å². The summed E-state index contributed by atoms with van der Waals surface area (Å²) >= 11 is 2.21. The third-order valence-electron chi connectivity index (χ3n) is 5.22. The summed E-state index contributed by atoms with van der Waals surface area (Å²) in [5.74, 6) is -0.0859. The van der Waals surface area contributed by atoms with Gasteiger partial charge in [0.15, 0.2) is 0 Å². The van der Waals surface area contributed by atoms with Gasteiger partial charge in [-0.1, -0.05) is 6.07 Å². The van der Waals surface area contributed by atoms with Crippen molar-refractivity contribution in [1.82, 2.24) is 19.3 Å². The van der Waals surface area contributed by atoms with Gasteiger partial charge >= 0.3 is 0 Å². The lowest BCUT2D eigenvalue weighted by molar-refractivity contribution is 0.0704. The molecule has 2 aromatic heterocycles. The molecule has 1 aliphatic rings. The number of carbonyl (C=O) groups excluding carboxylic acids is 1. The van der Waals surface area contributed by atoms with E-state index in [-0.39, 0.29) is 17.4 Å². The highest BCUT2D eigenvalue weighted by atomic mass is 127. The number of imidazole rings is 1.